The summed E-state index contributed by atoms with van der Waals surface area (Å²) in [5.41, 5.74) is 1.10. The Balaban J connectivity index is 1.48. The maximum absolute atomic E-state index is 11.8. The van der Waals surface area contributed by atoms with Gasteiger partial charge in [0.2, 0.25) is 0 Å². The molecule has 1 aromatic carbocycles. The lowest BCUT2D eigenvalue weighted by molar-refractivity contribution is 0.239. The van der Waals surface area contributed by atoms with Gasteiger partial charge in [0.15, 0.2) is 9.84 Å². The minimum absolute atomic E-state index is 0.0396. The maximum atomic E-state index is 11.8. The molecule has 0 unspecified atom stereocenters. The summed E-state index contributed by atoms with van der Waals surface area (Å²) in [5, 5.41) is 8.80. The number of hydrogen-bond acceptors (Lipinski definition) is 4. The van der Waals surface area contributed by atoms with Crippen molar-refractivity contribution in [3.63, 3.8) is 0 Å². The Bertz CT molecular complexity index is 783. The van der Waals surface area contributed by atoms with Gasteiger partial charge in [-0.1, -0.05) is 18.2 Å². The van der Waals surface area contributed by atoms with Crippen LogP contribution in [0, 0.1) is 5.92 Å². The zero-order valence-electron chi connectivity index (χ0n) is 12.0. The highest BCUT2D eigenvalue weighted by Crippen LogP contribution is 2.25. The Labute approximate surface area is 133 Å². The van der Waals surface area contributed by atoms with Crippen LogP contribution in [0.15, 0.2) is 29.6 Å². The number of rotatable bonds is 4. The molecule has 22 heavy (non-hydrogen) atoms. The molecule has 0 bridgehead atoms. The Morgan fingerprint density at radius 1 is 1.27 bits per heavy atom. The molecule has 2 aromatic rings. The molecule has 1 aliphatic rings. The van der Waals surface area contributed by atoms with Crippen molar-refractivity contribution >= 4 is 37.3 Å². The van der Waals surface area contributed by atoms with Crippen LogP contribution in [0.1, 0.15) is 12.0 Å². The Morgan fingerprint density at radius 3 is 2.86 bits per heavy atom. The van der Waals surface area contributed by atoms with E-state index in [4.69, 9.17) is 0 Å². The minimum atomic E-state index is -2.89. The van der Waals surface area contributed by atoms with Crippen LogP contribution in [-0.4, -0.2) is 32.5 Å². The first-order valence-electron chi connectivity index (χ1n) is 7.21. The number of carbonyl (C=O) groups excluding carboxylic acids is 1. The number of thiophene rings is 1. The second kappa shape index (κ2) is 6.26. The number of sulfone groups is 1. The number of benzene rings is 1. The van der Waals surface area contributed by atoms with Crippen LogP contribution in [0.3, 0.4) is 0 Å². The third kappa shape index (κ3) is 3.59. The molecule has 118 valence electrons. The quantitative estimate of drug-likeness (QED) is 0.897. The van der Waals surface area contributed by atoms with Crippen molar-refractivity contribution in [2.75, 3.05) is 18.1 Å². The lowest BCUT2D eigenvalue weighted by Crippen LogP contribution is -2.38. The summed E-state index contributed by atoms with van der Waals surface area (Å²) < 4.78 is 23.9. The van der Waals surface area contributed by atoms with Gasteiger partial charge in [0.05, 0.1) is 11.5 Å². The summed E-state index contributed by atoms with van der Waals surface area (Å²) in [6.45, 7) is 0.883. The lowest BCUT2D eigenvalue weighted by Gasteiger charge is -2.10. The third-order valence-corrected chi connectivity index (χ3v) is 6.73. The molecule has 1 fully saturated rings. The van der Waals surface area contributed by atoms with Crippen molar-refractivity contribution in [2.24, 2.45) is 5.92 Å². The van der Waals surface area contributed by atoms with Gasteiger partial charge in [0, 0.05) is 17.8 Å². The van der Waals surface area contributed by atoms with E-state index in [9.17, 15) is 13.2 Å². The van der Waals surface area contributed by atoms with Gasteiger partial charge < -0.3 is 10.6 Å². The van der Waals surface area contributed by atoms with E-state index in [-0.39, 0.29) is 23.5 Å². The first kappa shape index (κ1) is 15.3. The molecule has 2 amide bonds. The van der Waals surface area contributed by atoms with E-state index < -0.39 is 9.84 Å². The molecule has 1 aromatic heterocycles. The van der Waals surface area contributed by atoms with Gasteiger partial charge in [-0.2, -0.15) is 0 Å². The van der Waals surface area contributed by atoms with Gasteiger partial charge in [-0.25, -0.2) is 13.2 Å². The molecular formula is C15H18N2O3S2. The maximum Gasteiger partial charge on any atom is 0.315 e. The van der Waals surface area contributed by atoms with Crippen molar-refractivity contribution in [1.29, 1.82) is 0 Å². The van der Waals surface area contributed by atoms with Crippen LogP contribution in [0.5, 0.6) is 0 Å². The van der Waals surface area contributed by atoms with E-state index in [1.54, 1.807) is 11.3 Å². The number of fused-ring (bicyclic) bond motifs is 1. The molecule has 1 atom stereocenters. The summed E-state index contributed by atoms with van der Waals surface area (Å²) in [4.78, 5) is 11.8. The number of nitrogens with one attached hydrogen (secondary N) is 2. The third-order valence-electron chi connectivity index (χ3n) is 3.88. The monoisotopic (exact) mass is 338 g/mol. The summed E-state index contributed by atoms with van der Waals surface area (Å²) in [7, 11) is -2.89. The van der Waals surface area contributed by atoms with E-state index >= 15 is 0 Å². The molecule has 5 nitrogen and oxygen atoms in total. The van der Waals surface area contributed by atoms with E-state index in [2.05, 4.69) is 22.1 Å². The number of carbonyl (C=O) groups is 1. The summed E-state index contributed by atoms with van der Waals surface area (Å²) >= 11 is 1.66. The largest absolute Gasteiger partial charge is 0.338 e. The van der Waals surface area contributed by atoms with Gasteiger partial charge in [0.1, 0.15) is 0 Å². The van der Waals surface area contributed by atoms with E-state index in [0.29, 0.717) is 19.5 Å². The second-order valence-corrected chi connectivity index (χ2v) is 8.73. The molecule has 7 heteroatoms. The van der Waals surface area contributed by atoms with Crippen molar-refractivity contribution in [3.8, 4) is 0 Å². The number of hydrogen-bond donors (Lipinski definition) is 2. The Kier molecular flexibility index (Phi) is 4.35. The molecule has 0 saturated carbocycles. The van der Waals surface area contributed by atoms with Gasteiger partial charge in [-0.05, 0) is 34.7 Å². The predicted molar refractivity (Wildman–Crippen MR) is 88.8 cm³/mol. The number of urea groups is 1. The summed E-state index contributed by atoms with van der Waals surface area (Å²) in [6.07, 6.45) is 0.637. The van der Waals surface area contributed by atoms with Crippen LogP contribution in [0.2, 0.25) is 0 Å². The van der Waals surface area contributed by atoms with Crippen molar-refractivity contribution in [2.45, 2.75) is 13.0 Å². The van der Waals surface area contributed by atoms with Crippen LogP contribution in [0.25, 0.3) is 10.1 Å². The molecule has 0 spiro atoms. The van der Waals surface area contributed by atoms with Crippen LogP contribution in [-0.2, 0) is 16.4 Å². The van der Waals surface area contributed by atoms with Crippen molar-refractivity contribution in [3.05, 3.63) is 35.2 Å². The summed E-state index contributed by atoms with van der Waals surface area (Å²) in [6, 6.07) is 7.84. The SMILES string of the molecule is O=C(NCc1csc2ccccc12)NC[C@H]1CCS(=O)(=O)C1. The molecule has 2 N–H and O–H groups in total. The molecule has 3 rings (SSSR count). The van der Waals surface area contributed by atoms with Crippen molar-refractivity contribution < 1.29 is 13.2 Å². The Hall–Kier alpha value is -1.60. The molecular weight excluding hydrogens is 320 g/mol. The van der Waals surface area contributed by atoms with E-state index in [0.717, 1.165) is 10.9 Å². The highest BCUT2D eigenvalue weighted by Gasteiger charge is 2.27. The fraction of sp³-hybridized carbons (Fsp3) is 0.400. The van der Waals surface area contributed by atoms with Crippen molar-refractivity contribution in [1.82, 2.24) is 10.6 Å². The fourth-order valence-corrected chi connectivity index (χ4v) is 5.50. The average Bonchev–Trinajstić information content (AvgIpc) is 3.06. The summed E-state index contributed by atoms with van der Waals surface area (Å²) in [5.74, 6) is 0.461. The first-order chi connectivity index (χ1) is 10.5. The molecule has 2 heterocycles. The zero-order chi connectivity index (χ0) is 15.6. The number of amides is 2. The zero-order valence-corrected chi connectivity index (χ0v) is 13.7. The lowest BCUT2D eigenvalue weighted by atomic mass is 10.1. The second-order valence-electron chi connectivity index (χ2n) is 5.59. The van der Waals surface area contributed by atoms with Gasteiger partial charge in [-0.3, -0.25) is 0 Å². The van der Waals surface area contributed by atoms with Crippen LogP contribution < -0.4 is 10.6 Å². The van der Waals surface area contributed by atoms with Gasteiger partial charge in [-0.15, -0.1) is 11.3 Å². The highest BCUT2D eigenvalue weighted by atomic mass is 32.2. The molecule has 0 aliphatic carbocycles. The molecule has 1 aliphatic heterocycles. The highest BCUT2D eigenvalue weighted by molar-refractivity contribution is 7.91. The topological polar surface area (TPSA) is 75.3 Å². The van der Waals surface area contributed by atoms with E-state index in [1.165, 1.54) is 4.70 Å². The smallest absolute Gasteiger partial charge is 0.315 e. The van der Waals surface area contributed by atoms with Gasteiger partial charge in [0.25, 0.3) is 0 Å². The van der Waals surface area contributed by atoms with Crippen LogP contribution in [0.4, 0.5) is 4.79 Å². The molecule has 1 saturated heterocycles. The van der Waals surface area contributed by atoms with Crippen LogP contribution >= 0.6 is 11.3 Å². The molecule has 0 radical (unpaired) electrons. The Morgan fingerprint density at radius 2 is 2.09 bits per heavy atom. The first-order valence-corrected chi connectivity index (χ1v) is 9.91. The van der Waals surface area contributed by atoms with E-state index in [1.807, 2.05) is 18.2 Å². The normalized spacial score (nSPS) is 20.1. The van der Waals surface area contributed by atoms with Gasteiger partial charge >= 0.3 is 6.03 Å². The standard InChI is InChI=1S/C15H18N2O3S2/c18-15(16-7-11-5-6-22(19,20)10-11)17-8-12-9-21-14-4-2-1-3-13(12)14/h1-4,9,11H,5-8,10H2,(H2,16,17,18)/t11-/m1/s1. The minimum Gasteiger partial charge on any atom is -0.338 e. The predicted octanol–water partition coefficient (Wildman–Crippen LogP) is 2.14. The fourth-order valence-electron chi connectivity index (χ4n) is 2.68. The average molecular weight is 338 g/mol.